The Balaban J connectivity index is 1.35. The van der Waals surface area contributed by atoms with Crippen LogP contribution in [0, 0.1) is 0 Å². The summed E-state index contributed by atoms with van der Waals surface area (Å²) in [5.41, 5.74) is 4.68. The highest BCUT2D eigenvalue weighted by Gasteiger charge is 2.24. The van der Waals surface area contributed by atoms with Gasteiger partial charge in [-0.3, -0.25) is 10.00 Å². The van der Waals surface area contributed by atoms with Crippen molar-refractivity contribution < 1.29 is 9.53 Å². The highest BCUT2D eigenvalue weighted by Crippen LogP contribution is 2.29. The molecule has 5 rings (SSSR count). The summed E-state index contributed by atoms with van der Waals surface area (Å²) in [6.45, 7) is 4.49. The molecule has 1 aliphatic heterocycles. The molecule has 2 aromatic heterocycles. The first kappa shape index (κ1) is 17.3. The van der Waals surface area contributed by atoms with E-state index in [1.807, 2.05) is 0 Å². The predicted molar refractivity (Wildman–Crippen MR) is 107 cm³/mol. The van der Waals surface area contributed by atoms with Crippen molar-refractivity contribution in [3.05, 3.63) is 36.0 Å². The first-order valence-electron chi connectivity index (χ1n) is 9.77. The summed E-state index contributed by atoms with van der Waals surface area (Å²) in [6, 6.07) is 8.71. The summed E-state index contributed by atoms with van der Waals surface area (Å²) in [5, 5.41) is 14.1. The number of morpholine rings is 1. The number of benzene rings is 1. The number of aromatic amines is 2. The van der Waals surface area contributed by atoms with Crippen molar-refractivity contribution >= 4 is 22.6 Å². The molecule has 0 atom stereocenters. The lowest BCUT2D eigenvalue weighted by Crippen LogP contribution is -2.35. The fraction of sp³-hybridized carbons (Fsp3) is 0.400. The van der Waals surface area contributed by atoms with Crippen molar-refractivity contribution in [3.8, 4) is 11.4 Å². The normalized spacial score (nSPS) is 17.7. The maximum absolute atomic E-state index is 12.1. The third-order valence-corrected chi connectivity index (χ3v) is 5.26. The number of amides is 2. The molecule has 0 radical (unpaired) electrons. The first-order chi connectivity index (χ1) is 13.7. The monoisotopic (exact) mass is 380 g/mol. The van der Waals surface area contributed by atoms with E-state index in [9.17, 15) is 4.79 Å². The van der Waals surface area contributed by atoms with E-state index in [2.05, 4.69) is 55.0 Å². The highest BCUT2D eigenvalue weighted by molar-refractivity contribution is 5.95. The Morgan fingerprint density at radius 3 is 2.93 bits per heavy atom. The molecule has 1 saturated heterocycles. The quantitative estimate of drug-likeness (QED) is 0.547. The molecule has 2 fully saturated rings. The van der Waals surface area contributed by atoms with Crippen molar-refractivity contribution in [1.82, 2.24) is 25.4 Å². The van der Waals surface area contributed by atoms with E-state index in [0.29, 0.717) is 11.7 Å². The fourth-order valence-electron chi connectivity index (χ4n) is 3.59. The SMILES string of the molecule is O=C(Nc1cn[nH]c1-c1cc2cc(CN3CCOCC3)ccc2[nH]1)NC1CC1. The Bertz CT molecular complexity index is 984. The molecule has 0 bridgehead atoms. The van der Waals surface area contributed by atoms with Crippen LogP contribution in [-0.2, 0) is 11.3 Å². The maximum Gasteiger partial charge on any atom is 0.319 e. The number of H-pyrrole nitrogens is 2. The highest BCUT2D eigenvalue weighted by atomic mass is 16.5. The lowest BCUT2D eigenvalue weighted by Gasteiger charge is -2.26. The van der Waals surface area contributed by atoms with Crippen LogP contribution in [0.15, 0.2) is 30.5 Å². The number of carbonyl (C=O) groups excluding carboxylic acids is 1. The van der Waals surface area contributed by atoms with Gasteiger partial charge in [0.15, 0.2) is 0 Å². The summed E-state index contributed by atoms with van der Waals surface area (Å²) < 4.78 is 5.43. The average molecular weight is 380 g/mol. The summed E-state index contributed by atoms with van der Waals surface area (Å²) in [4.78, 5) is 17.9. The molecule has 1 aliphatic carbocycles. The van der Waals surface area contributed by atoms with E-state index in [4.69, 9.17) is 4.74 Å². The van der Waals surface area contributed by atoms with Crippen LogP contribution in [0.1, 0.15) is 18.4 Å². The number of hydrogen-bond acceptors (Lipinski definition) is 4. The summed E-state index contributed by atoms with van der Waals surface area (Å²) in [6.07, 6.45) is 3.75. The van der Waals surface area contributed by atoms with Gasteiger partial charge in [-0.1, -0.05) is 6.07 Å². The molecule has 8 nitrogen and oxygen atoms in total. The van der Waals surface area contributed by atoms with Crippen LogP contribution in [0.3, 0.4) is 0 Å². The van der Waals surface area contributed by atoms with Gasteiger partial charge in [0.1, 0.15) is 5.69 Å². The Morgan fingerprint density at radius 2 is 2.11 bits per heavy atom. The van der Waals surface area contributed by atoms with Crippen LogP contribution in [0.2, 0.25) is 0 Å². The van der Waals surface area contributed by atoms with Gasteiger partial charge < -0.3 is 20.4 Å². The Hall–Kier alpha value is -2.84. The number of aromatic nitrogens is 3. The second kappa shape index (κ2) is 7.29. The summed E-state index contributed by atoms with van der Waals surface area (Å²) in [5.74, 6) is 0. The van der Waals surface area contributed by atoms with Gasteiger partial charge in [-0.25, -0.2) is 4.79 Å². The largest absolute Gasteiger partial charge is 0.379 e. The van der Waals surface area contributed by atoms with Gasteiger partial charge >= 0.3 is 6.03 Å². The number of ether oxygens (including phenoxy) is 1. The Kier molecular flexibility index (Phi) is 4.50. The van der Waals surface area contributed by atoms with Gasteiger partial charge in [0.05, 0.1) is 30.8 Å². The molecular weight excluding hydrogens is 356 g/mol. The zero-order valence-electron chi connectivity index (χ0n) is 15.6. The smallest absolute Gasteiger partial charge is 0.319 e. The summed E-state index contributed by atoms with van der Waals surface area (Å²) >= 11 is 0. The molecule has 3 heterocycles. The van der Waals surface area contributed by atoms with Crippen molar-refractivity contribution in [1.29, 1.82) is 0 Å². The van der Waals surface area contributed by atoms with Gasteiger partial charge in [-0.2, -0.15) is 5.10 Å². The minimum atomic E-state index is -0.186. The van der Waals surface area contributed by atoms with Gasteiger partial charge in [0.25, 0.3) is 0 Å². The molecule has 146 valence electrons. The molecular formula is C20H24N6O2. The van der Waals surface area contributed by atoms with Gasteiger partial charge in [-0.15, -0.1) is 0 Å². The predicted octanol–water partition coefficient (Wildman–Crippen LogP) is 2.67. The zero-order chi connectivity index (χ0) is 18.9. The topological polar surface area (TPSA) is 98.1 Å². The van der Waals surface area contributed by atoms with Crippen LogP contribution in [0.5, 0.6) is 0 Å². The maximum atomic E-state index is 12.1. The molecule has 0 spiro atoms. The van der Waals surface area contributed by atoms with Gasteiger partial charge in [0, 0.05) is 36.6 Å². The number of nitrogens with one attached hydrogen (secondary N) is 4. The number of fused-ring (bicyclic) bond motifs is 1. The van der Waals surface area contributed by atoms with E-state index in [1.165, 1.54) is 5.56 Å². The molecule has 8 heteroatoms. The Morgan fingerprint density at radius 1 is 1.25 bits per heavy atom. The van der Waals surface area contributed by atoms with Crippen LogP contribution in [0.4, 0.5) is 10.5 Å². The number of nitrogens with zero attached hydrogens (tertiary/aromatic N) is 2. The lowest BCUT2D eigenvalue weighted by atomic mass is 10.1. The third-order valence-electron chi connectivity index (χ3n) is 5.26. The second-order valence-corrected chi connectivity index (χ2v) is 7.52. The zero-order valence-corrected chi connectivity index (χ0v) is 15.6. The van der Waals surface area contributed by atoms with Crippen molar-refractivity contribution in [2.75, 3.05) is 31.6 Å². The van der Waals surface area contributed by atoms with Gasteiger partial charge in [-0.05, 0) is 36.6 Å². The summed E-state index contributed by atoms with van der Waals surface area (Å²) in [7, 11) is 0. The molecule has 2 aliphatic rings. The van der Waals surface area contributed by atoms with Crippen LogP contribution in [0.25, 0.3) is 22.3 Å². The number of rotatable bonds is 5. The molecule has 28 heavy (non-hydrogen) atoms. The van der Waals surface area contributed by atoms with E-state index in [0.717, 1.165) is 68.0 Å². The minimum absolute atomic E-state index is 0.186. The number of hydrogen-bond donors (Lipinski definition) is 4. The molecule has 2 amide bonds. The van der Waals surface area contributed by atoms with E-state index >= 15 is 0 Å². The van der Waals surface area contributed by atoms with Gasteiger partial charge in [0.2, 0.25) is 0 Å². The molecule has 1 aromatic carbocycles. The van der Waals surface area contributed by atoms with E-state index in [1.54, 1.807) is 6.20 Å². The van der Waals surface area contributed by atoms with Crippen LogP contribution < -0.4 is 10.6 Å². The Labute approximate surface area is 162 Å². The van der Waals surface area contributed by atoms with Crippen molar-refractivity contribution in [2.45, 2.75) is 25.4 Å². The second-order valence-electron chi connectivity index (χ2n) is 7.52. The average Bonchev–Trinajstić information content (AvgIpc) is 3.22. The van der Waals surface area contributed by atoms with Crippen LogP contribution >= 0.6 is 0 Å². The lowest BCUT2D eigenvalue weighted by molar-refractivity contribution is 0.0342. The third kappa shape index (κ3) is 3.74. The molecule has 3 aromatic rings. The van der Waals surface area contributed by atoms with Crippen molar-refractivity contribution in [3.63, 3.8) is 0 Å². The minimum Gasteiger partial charge on any atom is -0.379 e. The number of carbonyl (C=O) groups is 1. The van der Waals surface area contributed by atoms with E-state index < -0.39 is 0 Å². The molecule has 1 saturated carbocycles. The first-order valence-corrected chi connectivity index (χ1v) is 9.77. The number of anilines is 1. The number of urea groups is 1. The molecule has 0 unspecified atom stereocenters. The fourth-order valence-corrected chi connectivity index (χ4v) is 3.59. The standard InChI is InChI=1S/C20H24N6O2/c27-20(22-15-2-3-15)24-18-11-21-25-19(18)17-10-14-9-13(1-4-16(14)23-17)12-26-5-7-28-8-6-26/h1,4,9-11,15,23H,2-3,5-8,12H2,(H,21,25)(H2,22,24,27). The van der Waals surface area contributed by atoms with Crippen molar-refractivity contribution in [2.24, 2.45) is 0 Å². The molecule has 4 N–H and O–H groups in total. The van der Waals surface area contributed by atoms with Crippen LogP contribution in [-0.4, -0.2) is 58.5 Å². The van der Waals surface area contributed by atoms with E-state index in [-0.39, 0.29) is 6.03 Å².